The van der Waals surface area contributed by atoms with Crippen molar-refractivity contribution in [3.63, 3.8) is 0 Å². The van der Waals surface area contributed by atoms with Crippen LogP contribution in [0.4, 0.5) is 0 Å². The van der Waals surface area contributed by atoms with Crippen LogP contribution in [0.2, 0.25) is 5.02 Å². The second kappa shape index (κ2) is 7.86. The third-order valence-electron chi connectivity index (χ3n) is 5.39. The van der Waals surface area contributed by atoms with Crippen LogP contribution in [0.25, 0.3) is 0 Å². The van der Waals surface area contributed by atoms with Gasteiger partial charge >= 0.3 is 5.69 Å². The van der Waals surface area contributed by atoms with Gasteiger partial charge in [-0.2, -0.15) is 5.10 Å². The summed E-state index contributed by atoms with van der Waals surface area (Å²) in [5.41, 5.74) is 0.514. The van der Waals surface area contributed by atoms with E-state index in [2.05, 4.69) is 15.3 Å². The first-order valence-electron chi connectivity index (χ1n) is 9.56. The lowest BCUT2D eigenvalue weighted by molar-refractivity contribution is 0.0938. The SMILES string of the molecule is O=C(NC1CCN(CCn2nc3n(c2=O)CCCC3)C1)c1ccccc1Cl. The molecule has 2 aliphatic rings. The maximum Gasteiger partial charge on any atom is 0.345 e. The van der Waals surface area contributed by atoms with Crippen LogP contribution < -0.4 is 11.0 Å². The molecule has 8 heteroatoms. The largest absolute Gasteiger partial charge is 0.348 e. The smallest absolute Gasteiger partial charge is 0.345 e. The Morgan fingerprint density at radius 2 is 2.07 bits per heavy atom. The molecule has 1 aromatic heterocycles. The van der Waals surface area contributed by atoms with Crippen LogP contribution in [-0.2, 0) is 19.5 Å². The Bertz CT molecular complexity index is 890. The third kappa shape index (κ3) is 3.94. The van der Waals surface area contributed by atoms with E-state index in [0.29, 0.717) is 17.1 Å². The van der Waals surface area contributed by atoms with Crippen molar-refractivity contribution in [2.45, 2.75) is 44.8 Å². The van der Waals surface area contributed by atoms with Crippen molar-refractivity contribution in [3.05, 3.63) is 51.2 Å². The molecule has 1 N–H and O–H groups in total. The van der Waals surface area contributed by atoms with E-state index < -0.39 is 0 Å². The maximum absolute atomic E-state index is 12.4. The summed E-state index contributed by atoms with van der Waals surface area (Å²) in [6.07, 6.45) is 3.94. The van der Waals surface area contributed by atoms with Crippen molar-refractivity contribution in [1.29, 1.82) is 0 Å². The Labute approximate surface area is 162 Å². The molecule has 1 aromatic carbocycles. The lowest BCUT2D eigenvalue weighted by Gasteiger charge is -2.16. The molecule has 0 saturated carbocycles. The van der Waals surface area contributed by atoms with Crippen LogP contribution >= 0.6 is 11.6 Å². The molecule has 2 aliphatic heterocycles. The molecule has 1 fully saturated rings. The van der Waals surface area contributed by atoms with Crippen LogP contribution in [0.15, 0.2) is 29.1 Å². The number of benzene rings is 1. The molecule has 0 radical (unpaired) electrons. The Hall–Kier alpha value is -2.12. The molecule has 2 aromatic rings. The minimum Gasteiger partial charge on any atom is -0.348 e. The van der Waals surface area contributed by atoms with Gasteiger partial charge in [-0.25, -0.2) is 9.48 Å². The monoisotopic (exact) mass is 389 g/mol. The summed E-state index contributed by atoms with van der Waals surface area (Å²) in [5.74, 6) is 0.781. The first-order valence-corrected chi connectivity index (χ1v) is 9.94. The summed E-state index contributed by atoms with van der Waals surface area (Å²) < 4.78 is 3.40. The van der Waals surface area contributed by atoms with E-state index in [9.17, 15) is 9.59 Å². The Balaban J connectivity index is 1.30. The number of hydrogen-bond donors (Lipinski definition) is 1. The zero-order valence-electron chi connectivity index (χ0n) is 15.2. The summed E-state index contributed by atoms with van der Waals surface area (Å²) in [6, 6.07) is 7.17. The van der Waals surface area contributed by atoms with Crippen LogP contribution in [-0.4, -0.2) is 50.8 Å². The van der Waals surface area contributed by atoms with Gasteiger partial charge in [0, 0.05) is 38.6 Å². The van der Waals surface area contributed by atoms with Crippen LogP contribution in [0.1, 0.15) is 35.4 Å². The zero-order valence-corrected chi connectivity index (χ0v) is 16.0. The Kier molecular flexibility index (Phi) is 5.31. The number of nitrogens with zero attached hydrogens (tertiary/aromatic N) is 4. The van der Waals surface area contributed by atoms with Gasteiger partial charge in [-0.1, -0.05) is 23.7 Å². The predicted molar refractivity (Wildman–Crippen MR) is 103 cm³/mol. The fourth-order valence-electron chi connectivity index (χ4n) is 3.89. The van der Waals surface area contributed by atoms with E-state index >= 15 is 0 Å². The second-order valence-corrected chi connectivity index (χ2v) is 7.68. The number of likely N-dealkylation sites (tertiary alicyclic amines) is 1. The van der Waals surface area contributed by atoms with Gasteiger partial charge in [0.15, 0.2) is 0 Å². The quantitative estimate of drug-likeness (QED) is 0.842. The number of carbonyl (C=O) groups is 1. The highest BCUT2D eigenvalue weighted by Crippen LogP contribution is 2.16. The number of hydrogen-bond acceptors (Lipinski definition) is 4. The van der Waals surface area contributed by atoms with Crippen molar-refractivity contribution < 1.29 is 4.79 Å². The fraction of sp³-hybridized carbons (Fsp3) is 0.526. The number of amides is 1. The minimum atomic E-state index is -0.134. The Morgan fingerprint density at radius 1 is 1.22 bits per heavy atom. The van der Waals surface area contributed by atoms with Crippen LogP contribution in [0.5, 0.6) is 0 Å². The molecule has 0 spiro atoms. The van der Waals surface area contributed by atoms with Gasteiger partial charge in [-0.05, 0) is 31.4 Å². The summed E-state index contributed by atoms with van der Waals surface area (Å²) in [7, 11) is 0. The first-order chi connectivity index (χ1) is 13.1. The molecule has 1 unspecified atom stereocenters. The predicted octanol–water partition coefficient (Wildman–Crippen LogP) is 1.54. The van der Waals surface area contributed by atoms with E-state index in [0.717, 1.165) is 57.7 Å². The summed E-state index contributed by atoms with van der Waals surface area (Å²) in [6.45, 7) is 3.81. The molecule has 3 heterocycles. The number of rotatable bonds is 5. The second-order valence-electron chi connectivity index (χ2n) is 7.27. The minimum absolute atomic E-state index is 0.00692. The van der Waals surface area contributed by atoms with Crippen molar-refractivity contribution in [2.24, 2.45) is 0 Å². The maximum atomic E-state index is 12.4. The van der Waals surface area contributed by atoms with E-state index in [4.69, 9.17) is 11.6 Å². The van der Waals surface area contributed by atoms with Gasteiger partial charge in [0.25, 0.3) is 5.91 Å². The van der Waals surface area contributed by atoms with E-state index in [1.165, 1.54) is 0 Å². The number of aromatic nitrogens is 3. The normalized spacial score (nSPS) is 19.8. The van der Waals surface area contributed by atoms with Gasteiger partial charge in [0.05, 0.1) is 17.1 Å². The standard InChI is InChI=1S/C19H24ClN5O2/c20-16-6-2-1-5-15(16)18(26)21-14-8-10-23(13-14)11-12-25-19(27)24-9-4-3-7-17(24)22-25/h1-2,5-6,14H,3-4,7-13H2,(H,21,26). The third-order valence-corrected chi connectivity index (χ3v) is 5.72. The highest BCUT2D eigenvalue weighted by atomic mass is 35.5. The highest BCUT2D eigenvalue weighted by Gasteiger charge is 2.25. The molecular weight excluding hydrogens is 366 g/mol. The molecule has 144 valence electrons. The number of halogens is 1. The van der Waals surface area contributed by atoms with Crippen molar-refractivity contribution in [1.82, 2.24) is 24.6 Å². The van der Waals surface area contributed by atoms with Crippen LogP contribution in [0, 0.1) is 0 Å². The number of carbonyl (C=O) groups excluding carboxylic acids is 1. The molecule has 4 rings (SSSR count). The molecule has 0 bridgehead atoms. The molecule has 1 saturated heterocycles. The molecule has 1 atom stereocenters. The number of nitrogens with one attached hydrogen (secondary N) is 1. The average Bonchev–Trinajstić information content (AvgIpc) is 3.25. The first kappa shape index (κ1) is 18.3. The lowest BCUT2D eigenvalue weighted by atomic mass is 10.2. The lowest BCUT2D eigenvalue weighted by Crippen LogP contribution is -2.38. The van der Waals surface area contributed by atoms with Gasteiger partial charge in [-0.3, -0.25) is 14.3 Å². The van der Waals surface area contributed by atoms with E-state index in [-0.39, 0.29) is 17.6 Å². The zero-order chi connectivity index (χ0) is 18.8. The van der Waals surface area contributed by atoms with Gasteiger partial charge < -0.3 is 5.32 Å². The van der Waals surface area contributed by atoms with Gasteiger partial charge in [0.1, 0.15) is 5.82 Å². The summed E-state index contributed by atoms with van der Waals surface area (Å²) in [5, 5.41) is 8.01. The topological polar surface area (TPSA) is 72.2 Å². The van der Waals surface area contributed by atoms with Gasteiger partial charge in [0.2, 0.25) is 0 Å². The van der Waals surface area contributed by atoms with E-state index in [1.807, 2.05) is 12.1 Å². The molecule has 0 aliphatic carbocycles. The van der Waals surface area contributed by atoms with Gasteiger partial charge in [-0.15, -0.1) is 0 Å². The highest BCUT2D eigenvalue weighted by molar-refractivity contribution is 6.33. The summed E-state index contributed by atoms with van der Waals surface area (Å²) in [4.78, 5) is 27.1. The van der Waals surface area contributed by atoms with Crippen molar-refractivity contribution >= 4 is 17.5 Å². The molecule has 1 amide bonds. The molecular formula is C19H24ClN5O2. The van der Waals surface area contributed by atoms with Crippen molar-refractivity contribution in [3.8, 4) is 0 Å². The van der Waals surface area contributed by atoms with Crippen LogP contribution in [0.3, 0.4) is 0 Å². The summed E-state index contributed by atoms with van der Waals surface area (Å²) >= 11 is 6.10. The number of aryl methyl sites for hydroxylation is 1. The Morgan fingerprint density at radius 3 is 2.89 bits per heavy atom. The van der Waals surface area contributed by atoms with E-state index in [1.54, 1.807) is 21.4 Å². The van der Waals surface area contributed by atoms with Crippen molar-refractivity contribution in [2.75, 3.05) is 19.6 Å². The fourth-order valence-corrected chi connectivity index (χ4v) is 4.11. The molecule has 7 nitrogen and oxygen atoms in total. The molecule has 27 heavy (non-hydrogen) atoms. The number of fused-ring (bicyclic) bond motifs is 1. The average molecular weight is 390 g/mol.